The first-order chi connectivity index (χ1) is 12.1. The van der Waals surface area contributed by atoms with E-state index in [0.717, 1.165) is 18.7 Å². The summed E-state index contributed by atoms with van der Waals surface area (Å²) in [5.41, 5.74) is 7.37. The number of likely N-dealkylation sites (tertiary alicyclic amines) is 2. The van der Waals surface area contributed by atoms with E-state index in [1.165, 1.54) is 49.2 Å². The van der Waals surface area contributed by atoms with Crippen LogP contribution >= 0.6 is 0 Å². The predicted molar refractivity (Wildman–Crippen MR) is 98.1 cm³/mol. The van der Waals surface area contributed by atoms with Crippen LogP contribution in [0, 0.1) is 0 Å². The van der Waals surface area contributed by atoms with E-state index in [9.17, 15) is 9.59 Å². The van der Waals surface area contributed by atoms with Gasteiger partial charge in [-0.05, 0) is 56.5 Å². The van der Waals surface area contributed by atoms with Crippen LogP contribution in [0.1, 0.15) is 44.1 Å². The Balaban J connectivity index is 1.55. The van der Waals surface area contributed by atoms with E-state index >= 15 is 0 Å². The molecule has 0 unspecified atom stereocenters. The van der Waals surface area contributed by atoms with Crippen LogP contribution in [0.4, 0.5) is 10.5 Å². The van der Waals surface area contributed by atoms with Crippen LogP contribution in [0.25, 0.3) is 0 Å². The van der Waals surface area contributed by atoms with E-state index in [2.05, 4.69) is 22.3 Å². The van der Waals surface area contributed by atoms with Gasteiger partial charge in [-0.1, -0.05) is 25.0 Å². The average Bonchev–Trinajstić information content (AvgIpc) is 2.96. The number of amides is 3. The van der Waals surface area contributed by atoms with Crippen molar-refractivity contribution in [2.24, 2.45) is 5.73 Å². The summed E-state index contributed by atoms with van der Waals surface area (Å²) >= 11 is 0. The zero-order valence-electron chi connectivity index (χ0n) is 14.7. The summed E-state index contributed by atoms with van der Waals surface area (Å²) in [6.07, 6.45) is 6.73. The van der Waals surface area contributed by atoms with E-state index in [1.807, 2.05) is 12.1 Å². The summed E-state index contributed by atoms with van der Waals surface area (Å²) in [5.74, 6) is -0.156. The lowest BCUT2D eigenvalue weighted by atomic mass is 10.1. The van der Waals surface area contributed by atoms with Crippen molar-refractivity contribution in [3.63, 3.8) is 0 Å². The number of nitrogens with two attached hydrogens (primary N) is 1. The number of benzene rings is 1. The monoisotopic (exact) mass is 344 g/mol. The van der Waals surface area contributed by atoms with Crippen molar-refractivity contribution in [3.8, 4) is 0 Å². The van der Waals surface area contributed by atoms with Gasteiger partial charge in [0.05, 0.1) is 0 Å². The normalized spacial score (nSPS) is 21.8. The minimum absolute atomic E-state index is 0.156. The Morgan fingerprint density at radius 3 is 2.32 bits per heavy atom. The SMILES string of the molecule is NC(=O)N1CCC[C@H]1C(=O)Nc1ccc(CN2CCCCCC2)cc1. The third-order valence-corrected chi connectivity index (χ3v) is 5.16. The molecule has 6 nitrogen and oxygen atoms in total. The Morgan fingerprint density at radius 1 is 1.00 bits per heavy atom. The molecule has 2 aliphatic rings. The van der Waals surface area contributed by atoms with E-state index in [0.29, 0.717) is 13.0 Å². The van der Waals surface area contributed by atoms with Crippen LogP contribution in [0.5, 0.6) is 0 Å². The van der Waals surface area contributed by atoms with Gasteiger partial charge in [0.1, 0.15) is 6.04 Å². The lowest BCUT2D eigenvalue weighted by Gasteiger charge is -2.22. The maximum absolute atomic E-state index is 12.4. The van der Waals surface area contributed by atoms with Crippen LogP contribution < -0.4 is 11.1 Å². The molecule has 3 rings (SSSR count). The van der Waals surface area contributed by atoms with Crippen molar-refractivity contribution >= 4 is 17.6 Å². The molecule has 0 spiro atoms. The van der Waals surface area contributed by atoms with Gasteiger partial charge >= 0.3 is 6.03 Å². The molecule has 0 bridgehead atoms. The summed E-state index contributed by atoms with van der Waals surface area (Å²) in [6, 6.07) is 7.05. The molecule has 0 saturated carbocycles. The predicted octanol–water partition coefficient (Wildman–Crippen LogP) is 2.54. The van der Waals surface area contributed by atoms with Gasteiger partial charge in [0, 0.05) is 18.8 Å². The molecule has 1 aromatic carbocycles. The van der Waals surface area contributed by atoms with Crippen molar-refractivity contribution in [1.29, 1.82) is 0 Å². The van der Waals surface area contributed by atoms with Crippen molar-refractivity contribution in [1.82, 2.24) is 9.80 Å². The fourth-order valence-corrected chi connectivity index (χ4v) is 3.77. The van der Waals surface area contributed by atoms with E-state index in [4.69, 9.17) is 5.73 Å². The maximum atomic E-state index is 12.4. The molecule has 0 radical (unpaired) electrons. The quantitative estimate of drug-likeness (QED) is 0.881. The lowest BCUT2D eigenvalue weighted by molar-refractivity contribution is -0.119. The molecule has 0 aliphatic carbocycles. The van der Waals surface area contributed by atoms with E-state index in [-0.39, 0.29) is 5.91 Å². The summed E-state index contributed by atoms with van der Waals surface area (Å²) in [4.78, 5) is 27.7. The highest BCUT2D eigenvalue weighted by Gasteiger charge is 2.32. The molecule has 2 saturated heterocycles. The number of carbonyl (C=O) groups is 2. The Labute approximate surface area is 149 Å². The molecule has 25 heavy (non-hydrogen) atoms. The molecule has 1 atom stereocenters. The van der Waals surface area contributed by atoms with E-state index < -0.39 is 12.1 Å². The lowest BCUT2D eigenvalue weighted by Crippen LogP contribution is -2.45. The first-order valence-corrected chi connectivity index (χ1v) is 9.32. The highest BCUT2D eigenvalue weighted by atomic mass is 16.2. The molecule has 136 valence electrons. The first kappa shape index (κ1) is 17.7. The second kappa shape index (κ2) is 8.34. The minimum atomic E-state index is -0.523. The van der Waals surface area contributed by atoms with Crippen molar-refractivity contribution in [3.05, 3.63) is 29.8 Å². The van der Waals surface area contributed by atoms with Crippen molar-refractivity contribution < 1.29 is 9.59 Å². The number of hydrogen-bond acceptors (Lipinski definition) is 3. The molecule has 3 amide bonds. The number of nitrogens with one attached hydrogen (secondary N) is 1. The molecule has 2 fully saturated rings. The standard InChI is InChI=1S/C19H28N4O2/c20-19(25)23-13-5-6-17(23)18(24)21-16-9-7-15(8-10-16)14-22-11-3-1-2-4-12-22/h7-10,17H,1-6,11-14H2,(H2,20,25)(H,21,24)/t17-/m0/s1. The zero-order valence-corrected chi connectivity index (χ0v) is 14.7. The number of carbonyl (C=O) groups excluding carboxylic acids is 2. The summed E-state index contributed by atoms with van der Waals surface area (Å²) in [6.45, 7) is 3.86. The molecule has 0 aromatic heterocycles. The van der Waals surface area contributed by atoms with Gasteiger partial charge in [-0.15, -0.1) is 0 Å². The highest BCUT2D eigenvalue weighted by molar-refractivity contribution is 5.97. The van der Waals surface area contributed by atoms with Gasteiger partial charge in [-0.25, -0.2) is 4.79 Å². The van der Waals surface area contributed by atoms with Crippen LogP contribution in [0.3, 0.4) is 0 Å². The molecular weight excluding hydrogens is 316 g/mol. The second-order valence-corrected chi connectivity index (χ2v) is 7.07. The van der Waals surface area contributed by atoms with Gasteiger partial charge in [0.25, 0.3) is 0 Å². The Morgan fingerprint density at radius 2 is 1.68 bits per heavy atom. The van der Waals surface area contributed by atoms with Crippen molar-refractivity contribution in [2.45, 2.75) is 51.1 Å². The molecule has 2 heterocycles. The van der Waals surface area contributed by atoms with Gasteiger partial charge in [-0.2, -0.15) is 0 Å². The highest BCUT2D eigenvalue weighted by Crippen LogP contribution is 2.20. The van der Waals surface area contributed by atoms with Crippen LogP contribution in [0.15, 0.2) is 24.3 Å². The summed E-state index contributed by atoms with van der Waals surface area (Å²) in [7, 11) is 0. The Bertz CT molecular complexity index is 594. The van der Waals surface area contributed by atoms with E-state index in [1.54, 1.807) is 0 Å². The fourth-order valence-electron chi connectivity index (χ4n) is 3.77. The third kappa shape index (κ3) is 4.72. The smallest absolute Gasteiger partial charge is 0.315 e. The van der Waals surface area contributed by atoms with Crippen LogP contribution in [-0.4, -0.2) is 47.4 Å². The van der Waals surface area contributed by atoms with Gasteiger partial charge in [-0.3, -0.25) is 9.69 Å². The number of nitrogens with zero attached hydrogens (tertiary/aromatic N) is 2. The number of anilines is 1. The van der Waals surface area contributed by atoms with Crippen LogP contribution in [-0.2, 0) is 11.3 Å². The number of hydrogen-bond donors (Lipinski definition) is 2. The summed E-state index contributed by atoms with van der Waals surface area (Å²) < 4.78 is 0. The Kier molecular flexibility index (Phi) is 5.91. The van der Waals surface area contributed by atoms with Crippen LogP contribution in [0.2, 0.25) is 0 Å². The maximum Gasteiger partial charge on any atom is 0.315 e. The molecule has 2 aliphatic heterocycles. The first-order valence-electron chi connectivity index (χ1n) is 9.32. The fraction of sp³-hybridized carbons (Fsp3) is 0.579. The van der Waals surface area contributed by atoms with Gasteiger partial charge < -0.3 is 16.0 Å². The number of urea groups is 1. The molecule has 6 heteroatoms. The minimum Gasteiger partial charge on any atom is -0.351 e. The molecule has 3 N–H and O–H groups in total. The average molecular weight is 344 g/mol. The topological polar surface area (TPSA) is 78.7 Å². The third-order valence-electron chi connectivity index (χ3n) is 5.16. The Hall–Kier alpha value is -2.08. The molecule has 1 aromatic rings. The van der Waals surface area contributed by atoms with Crippen molar-refractivity contribution in [2.75, 3.05) is 25.0 Å². The number of primary amides is 1. The molecular formula is C19H28N4O2. The summed E-state index contributed by atoms with van der Waals surface area (Å²) in [5, 5.41) is 2.91. The largest absolute Gasteiger partial charge is 0.351 e. The van der Waals surface area contributed by atoms with Gasteiger partial charge in [0.2, 0.25) is 5.91 Å². The second-order valence-electron chi connectivity index (χ2n) is 7.07. The van der Waals surface area contributed by atoms with Gasteiger partial charge in [0.15, 0.2) is 0 Å². The number of rotatable bonds is 4. The zero-order chi connectivity index (χ0) is 17.6.